The highest BCUT2D eigenvalue weighted by Gasteiger charge is 2.60. The maximum absolute atomic E-state index is 13.7. The van der Waals surface area contributed by atoms with Crippen LogP contribution in [0.5, 0.6) is 0 Å². The van der Waals surface area contributed by atoms with Crippen LogP contribution in [0.4, 0.5) is 11.4 Å². The monoisotopic (exact) mass is 529 g/mol. The van der Waals surface area contributed by atoms with Crippen LogP contribution in [0.3, 0.4) is 0 Å². The molecule has 2 amide bonds. The van der Waals surface area contributed by atoms with Gasteiger partial charge in [0, 0.05) is 11.1 Å². The van der Waals surface area contributed by atoms with Gasteiger partial charge in [-0.05, 0) is 42.0 Å². The summed E-state index contributed by atoms with van der Waals surface area (Å²) in [7, 11) is 0. The molecule has 0 N–H and O–H groups in total. The van der Waals surface area contributed by atoms with E-state index in [2.05, 4.69) is 0 Å². The van der Waals surface area contributed by atoms with Crippen LogP contribution in [0, 0.1) is 16.0 Å². The lowest BCUT2D eigenvalue weighted by Crippen LogP contribution is -2.36. The average Bonchev–Trinajstić information content (AvgIpc) is 3.62. The van der Waals surface area contributed by atoms with Crippen molar-refractivity contribution in [3.05, 3.63) is 117 Å². The normalized spacial score (nSPS) is 20.7. The predicted molar refractivity (Wildman–Crippen MR) is 138 cm³/mol. The summed E-state index contributed by atoms with van der Waals surface area (Å²) in [5.74, 6) is -1.10. The summed E-state index contributed by atoms with van der Waals surface area (Å²) < 4.78 is 6.13. The number of fused-ring (bicyclic) bond motifs is 1. The zero-order valence-corrected chi connectivity index (χ0v) is 20.5. The van der Waals surface area contributed by atoms with Crippen LogP contribution in [0.15, 0.2) is 95.4 Å². The van der Waals surface area contributed by atoms with Crippen LogP contribution in [-0.4, -0.2) is 27.7 Å². The third-order valence-corrected chi connectivity index (χ3v) is 6.98. The molecule has 2 aliphatic rings. The average molecular weight is 530 g/mol. The van der Waals surface area contributed by atoms with E-state index >= 15 is 0 Å². The molecular formula is C28H20ClN3O6. The molecule has 2 fully saturated rings. The van der Waals surface area contributed by atoms with E-state index in [-0.39, 0.29) is 34.5 Å². The number of benzene rings is 3. The Labute approximate surface area is 221 Å². The number of likely N-dealkylation sites (tertiary alicyclic amines) is 1. The number of nitro benzene ring substituents is 1. The number of amides is 2. The Hall–Kier alpha value is -4.47. The van der Waals surface area contributed by atoms with Gasteiger partial charge in [0.05, 0.1) is 22.7 Å². The topological polar surface area (TPSA) is 106 Å². The molecule has 2 saturated heterocycles. The lowest BCUT2D eigenvalue weighted by Gasteiger charge is -2.27. The van der Waals surface area contributed by atoms with Gasteiger partial charge in [0.2, 0.25) is 5.91 Å². The van der Waals surface area contributed by atoms with Crippen molar-refractivity contribution in [3.8, 4) is 11.3 Å². The molecule has 3 aromatic carbocycles. The number of para-hydroxylation sites is 1. The number of nitrogens with zero attached hydrogens (tertiary/aromatic N) is 3. The Morgan fingerprint density at radius 2 is 1.61 bits per heavy atom. The molecule has 10 heteroatoms. The van der Waals surface area contributed by atoms with Crippen LogP contribution < -0.4 is 5.06 Å². The molecule has 0 aliphatic carbocycles. The summed E-state index contributed by atoms with van der Waals surface area (Å²) in [6.07, 6.45) is -1.03. The summed E-state index contributed by atoms with van der Waals surface area (Å²) in [6.45, 7) is 0.132. The Kier molecular flexibility index (Phi) is 5.94. The highest BCUT2D eigenvalue weighted by molar-refractivity contribution is 6.30. The lowest BCUT2D eigenvalue weighted by atomic mass is 9.94. The predicted octanol–water partition coefficient (Wildman–Crippen LogP) is 5.55. The maximum atomic E-state index is 13.7. The molecule has 190 valence electrons. The first-order valence-electron chi connectivity index (χ1n) is 11.9. The number of rotatable bonds is 6. The summed E-state index contributed by atoms with van der Waals surface area (Å²) in [5, 5.41) is 13.4. The van der Waals surface area contributed by atoms with E-state index in [0.29, 0.717) is 11.4 Å². The van der Waals surface area contributed by atoms with Gasteiger partial charge < -0.3 is 4.42 Å². The summed E-state index contributed by atoms with van der Waals surface area (Å²) in [4.78, 5) is 45.5. The Balaban J connectivity index is 1.40. The first kappa shape index (κ1) is 23.9. The van der Waals surface area contributed by atoms with E-state index in [1.807, 2.05) is 48.5 Å². The fraction of sp³-hybridized carbons (Fsp3) is 0.143. The summed E-state index contributed by atoms with van der Waals surface area (Å²) in [5.41, 5.74) is 1.49. The van der Waals surface area contributed by atoms with Crippen molar-refractivity contribution in [3.63, 3.8) is 0 Å². The second-order valence-electron chi connectivity index (χ2n) is 9.03. The van der Waals surface area contributed by atoms with E-state index in [1.165, 1.54) is 28.2 Å². The molecule has 3 heterocycles. The minimum Gasteiger partial charge on any atom is -0.458 e. The van der Waals surface area contributed by atoms with Crippen molar-refractivity contribution in [2.75, 3.05) is 5.06 Å². The van der Waals surface area contributed by atoms with Gasteiger partial charge in [-0.2, -0.15) is 0 Å². The molecule has 3 unspecified atom stereocenters. The third kappa shape index (κ3) is 4.02. The van der Waals surface area contributed by atoms with Crippen LogP contribution in [0.25, 0.3) is 11.3 Å². The molecule has 2 aliphatic heterocycles. The van der Waals surface area contributed by atoms with E-state index in [4.69, 9.17) is 20.9 Å². The fourth-order valence-electron chi connectivity index (χ4n) is 5.00. The molecule has 6 rings (SSSR count). The van der Waals surface area contributed by atoms with Crippen molar-refractivity contribution >= 4 is 34.8 Å². The van der Waals surface area contributed by atoms with Gasteiger partial charge in [-0.25, -0.2) is 5.06 Å². The smallest absolute Gasteiger partial charge is 0.281 e. The van der Waals surface area contributed by atoms with Gasteiger partial charge in [-0.1, -0.05) is 60.1 Å². The fourth-order valence-corrected chi connectivity index (χ4v) is 5.17. The van der Waals surface area contributed by atoms with Crippen molar-refractivity contribution in [1.29, 1.82) is 0 Å². The quantitative estimate of drug-likeness (QED) is 0.183. The standard InChI is InChI=1S/C28H20ClN3O6/c29-18-11-12-20(21(15-18)32(35)36)22-13-14-23(37-22)25-24-26(38-31(25)19-9-5-2-6-10-19)28(34)30(27(24)33)16-17-7-3-1-4-8-17/h1-15,24-26H,16H2. The Morgan fingerprint density at radius 3 is 2.32 bits per heavy atom. The number of nitro groups is 1. The molecule has 0 radical (unpaired) electrons. The van der Waals surface area contributed by atoms with Gasteiger partial charge in [-0.3, -0.25) is 29.4 Å². The molecular weight excluding hydrogens is 510 g/mol. The molecule has 0 bridgehead atoms. The number of halogens is 1. The molecule has 9 nitrogen and oxygen atoms in total. The number of hydrogen-bond donors (Lipinski definition) is 0. The van der Waals surface area contributed by atoms with Gasteiger partial charge in [0.15, 0.2) is 6.10 Å². The van der Waals surface area contributed by atoms with Crippen LogP contribution >= 0.6 is 11.6 Å². The van der Waals surface area contributed by atoms with Crippen molar-refractivity contribution in [2.24, 2.45) is 5.92 Å². The number of hydroxylamine groups is 1. The van der Waals surface area contributed by atoms with Gasteiger partial charge >= 0.3 is 0 Å². The second kappa shape index (κ2) is 9.44. The number of imide groups is 1. The van der Waals surface area contributed by atoms with Crippen LogP contribution in [0.2, 0.25) is 5.02 Å². The minimum absolute atomic E-state index is 0.132. The van der Waals surface area contributed by atoms with Gasteiger partial charge in [-0.15, -0.1) is 0 Å². The molecule has 0 saturated carbocycles. The molecule has 3 atom stereocenters. The number of furan rings is 1. The first-order chi connectivity index (χ1) is 18.4. The van der Waals surface area contributed by atoms with Gasteiger partial charge in [0.25, 0.3) is 11.6 Å². The Morgan fingerprint density at radius 1 is 0.895 bits per heavy atom. The number of anilines is 1. The summed E-state index contributed by atoms with van der Waals surface area (Å²) in [6, 6.07) is 25.1. The lowest BCUT2D eigenvalue weighted by molar-refractivity contribution is -0.384. The molecule has 38 heavy (non-hydrogen) atoms. The SMILES string of the molecule is O=C1C2ON(c3ccccc3)C(c3ccc(-c4ccc(Cl)cc4[N+](=O)[O-])o3)C2C(=O)N1Cc1ccccc1. The number of carbonyl (C=O) groups is 2. The van der Waals surface area contributed by atoms with Crippen LogP contribution in [-0.2, 0) is 21.0 Å². The van der Waals surface area contributed by atoms with E-state index < -0.39 is 28.9 Å². The van der Waals surface area contributed by atoms with E-state index in [9.17, 15) is 19.7 Å². The zero-order chi connectivity index (χ0) is 26.4. The highest BCUT2D eigenvalue weighted by Crippen LogP contribution is 2.48. The van der Waals surface area contributed by atoms with E-state index in [0.717, 1.165) is 5.56 Å². The first-order valence-corrected chi connectivity index (χ1v) is 12.2. The van der Waals surface area contributed by atoms with Crippen molar-refractivity contribution in [1.82, 2.24) is 4.90 Å². The van der Waals surface area contributed by atoms with Gasteiger partial charge in [0.1, 0.15) is 23.5 Å². The highest BCUT2D eigenvalue weighted by atomic mass is 35.5. The zero-order valence-electron chi connectivity index (χ0n) is 19.8. The van der Waals surface area contributed by atoms with Crippen molar-refractivity contribution in [2.45, 2.75) is 18.7 Å². The second-order valence-corrected chi connectivity index (χ2v) is 9.46. The minimum atomic E-state index is -1.03. The third-order valence-electron chi connectivity index (χ3n) is 6.74. The summed E-state index contributed by atoms with van der Waals surface area (Å²) >= 11 is 5.97. The molecule has 1 aromatic heterocycles. The molecule has 0 spiro atoms. The Bertz CT molecular complexity index is 1540. The number of carbonyl (C=O) groups excluding carboxylic acids is 2. The van der Waals surface area contributed by atoms with Crippen molar-refractivity contribution < 1.29 is 23.8 Å². The number of hydrogen-bond acceptors (Lipinski definition) is 7. The molecule has 4 aromatic rings. The van der Waals surface area contributed by atoms with Crippen LogP contribution in [0.1, 0.15) is 17.4 Å². The maximum Gasteiger partial charge on any atom is 0.281 e. The largest absolute Gasteiger partial charge is 0.458 e. The van der Waals surface area contributed by atoms with E-state index in [1.54, 1.807) is 24.3 Å².